The molecular weight excluding hydrogens is 190 g/mol. The fourth-order valence-electron chi connectivity index (χ4n) is 1.49. The summed E-state index contributed by atoms with van der Waals surface area (Å²) in [5.74, 6) is 0. The molecule has 0 spiro atoms. The van der Waals surface area contributed by atoms with Crippen molar-refractivity contribution in [1.29, 1.82) is 0 Å². The van der Waals surface area contributed by atoms with Crippen LogP contribution in [0.25, 0.3) is 0 Å². The molecule has 0 saturated heterocycles. The van der Waals surface area contributed by atoms with E-state index in [0.717, 1.165) is 17.1 Å². The maximum absolute atomic E-state index is 5.44. The standard InChI is InChI=1S/C12H17NS/c1-4-13(10(2)3)12(14)11-8-6-5-7-9-11/h5-10H,4H2,1-3H3. The van der Waals surface area contributed by atoms with Crippen LogP contribution in [0.3, 0.4) is 0 Å². The highest BCUT2D eigenvalue weighted by Crippen LogP contribution is 2.09. The van der Waals surface area contributed by atoms with Gasteiger partial charge < -0.3 is 4.90 Å². The van der Waals surface area contributed by atoms with Crippen molar-refractivity contribution in [2.75, 3.05) is 6.54 Å². The molecule has 0 aliphatic carbocycles. The molecule has 0 amide bonds. The van der Waals surface area contributed by atoms with E-state index in [1.807, 2.05) is 18.2 Å². The Morgan fingerprint density at radius 1 is 1.29 bits per heavy atom. The first-order chi connectivity index (χ1) is 6.66. The Balaban J connectivity index is 2.84. The molecule has 0 saturated carbocycles. The van der Waals surface area contributed by atoms with Crippen molar-refractivity contribution in [3.63, 3.8) is 0 Å². The van der Waals surface area contributed by atoms with Crippen molar-refractivity contribution in [2.45, 2.75) is 26.8 Å². The van der Waals surface area contributed by atoms with E-state index in [0.29, 0.717) is 6.04 Å². The van der Waals surface area contributed by atoms with E-state index in [1.54, 1.807) is 0 Å². The Labute approximate surface area is 91.7 Å². The van der Waals surface area contributed by atoms with Crippen LogP contribution in [0.2, 0.25) is 0 Å². The molecule has 0 aliphatic heterocycles. The lowest BCUT2D eigenvalue weighted by atomic mass is 10.2. The monoisotopic (exact) mass is 207 g/mol. The van der Waals surface area contributed by atoms with Crippen molar-refractivity contribution in [1.82, 2.24) is 4.90 Å². The molecule has 0 fully saturated rings. The van der Waals surface area contributed by atoms with Crippen LogP contribution in [-0.4, -0.2) is 22.5 Å². The second kappa shape index (κ2) is 5.11. The Bertz CT molecular complexity index is 292. The summed E-state index contributed by atoms with van der Waals surface area (Å²) in [5, 5.41) is 0. The zero-order valence-electron chi connectivity index (χ0n) is 9.03. The molecule has 0 heterocycles. The fraction of sp³-hybridized carbons (Fsp3) is 0.417. The number of thiocarbonyl (C=S) groups is 1. The molecule has 1 aromatic rings. The largest absolute Gasteiger partial charge is 0.360 e. The number of nitrogens with zero attached hydrogens (tertiary/aromatic N) is 1. The molecular formula is C12H17NS. The lowest BCUT2D eigenvalue weighted by molar-refractivity contribution is 0.374. The van der Waals surface area contributed by atoms with E-state index in [-0.39, 0.29) is 0 Å². The lowest BCUT2D eigenvalue weighted by Gasteiger charge is -2.27. The van der Waals surface area contributed by atoms with E-state index in [4.69, 9.17) is 12.2 Å². The molecule has 76 valence electrons. The molecule has 0 unspecified atom stereocenters. The van der Waals surface area contributed by atoms with Gasteiger partial charge in [0.05, 0.1) is 0 Å². The third-order valence-electron chi connectivity index (χ3n) is 2.25. The molecule has 2 heteroatoms. The van der Waals surface area contributed by atoms with Crippen LogP contribution in [0, 0.1) is 0 Å². The van der Waals surface area contributed by atoms with Gasteiger partial charge in [-0.2, -0.15) is 0 Å². The van der Waals surface area contributed by atoms with Crippen molar-refractivity contribution in [3.05, 3.63) is 35.9 Å². The predicted molar refractivity (Wildman–Crippen MR) is 65.7 cm³/mol. The van der Waals surface area contributed by atoms with Crippen molar-refractivity contribution in [3.8, 4) is 0 Å². The maximum atomic E-state index is 5.44. The van der Waals surface area contributed by atoms with E-state index < -0.39 is 0 Å². The van der Waals surface area contributed by atoms with E-state index in [9.17, 15) is 0 Å². The normalized spacial score (nSPS) is 10.3. The van der Waals surface area contributed by atoms with Gasteiger partial charge in [0, 0.05) is 18.2 Å². The molecule has 1 nitrogen and oxygen atoms in total. The highest BCUT2D eigenvalue weighted by Gasteiger charge is 2.11. The smallest absolute Gasteiger partial charge is 0.109 e. The Kier molecular flexibility index (Phi) is 4.08. The third-order valence-corrected chi connectivity index (χ3v) is 2.72. The van der Waals surface area contributed by atoms with E-state index in [2.05, 4.69) is 37.8 Å². The number of hydrogen-bond acceptors (Lipinski definition) is 1. The Hall–Kier alpha value is -0.890. The van der Waals surface area contributed by atoms with Gasteiger partial charge in [-0.15, -0.1) is 0 Å². The summed E-state index contributed by atoms with van der Waals surface area (Å²) in [6.45, 7) is 7.43. The summed E-state index contributed by atoms with van der Waals surface area (Å²) in [5.41, 5.74) is 1.14. The average molecular weight is 207 g/mol. The highest BCUT2D eigenvalue weighted by molar-refractivity contribution is 7.80. The molecule has 14 heavy (non-hydrogen) atoms. The molecule has 0 radical (unpaired) electrons. The molecule has 0 aromatic heterocycles. The molecule has 0 bridgehead atoms. The van der Waals surface area contributed by atoms with Crippen molar-refractivity contribution >= 4 is 17.2 Å². The van der Waals surface area contributed by atoms with Gasteiger partial charge in [0.15, 0.2) is 0 Å². The summed E-state index contributed by atoms with van der Waals surface area (Å²) >= 11 is 5.44. The maximum Gasteiger partial charge on any atom is 0.109 e. The average Bonchev–Trinajstić information content (AvgIpc) is 2.19. The van der Waals surface area contributed by atoms with Gasteiger partial charge in [-0.3, -0.25) is 0 Å². The van der Waals surface area contributed by atoms with Crippen LogP contribution in [0.1, 0.15) is 26.3 Å². The van der Waals surface area contributed by atoms with Gasteiger partial charge >= 0.3 is 0 Å². The van der Waals surface area contributed by atoms with Crippen LogP contribution in [0.15, 0.2) is 30.3 Å². The topological polar surface area (TPSA) is 3.24 Å². The van der Waals surface area contributed by atoms with Crippen LogP contribution in [-0.2, 0) is 0 Å². The third kappa shape index (κ3) is 2.55. The molecule has 1 rings (SSSR count). The summed E-state index contributed by atoms with van der Waals surface area (Å²) < 4.78 is 0. The van der Waals surface area contributed by atoms with Gasteiger partial charge in [-0.25, -0.2) is 0 Å². The van der Waals surface area contributed by atoms with Crippen LogP contribution < -0.4 is 0 Å². The number of rotatable bonds is 3. The first kappa shape index (κ1) is 11.2. The minimum atomic E-state index is 0.465. The van der Waals surface area contributed by atoms with Crippen molar-refractivity contribution in [2.24, 2.45) is 0 Å². The highest BCUT2D eigenvalue weighted by atomic mass is 32.1. The van der Waals surface area contributed by atoms with E-state index >= 15 is 0 Å². The zero-order valence-corrected chi connectivity index (χ0v) is 9.84. The zero-order chi connectivity index (χ0) is 10.6. The molecule has 1 aromatic carbocycles. The van der Waals surface area contributed by atoms with Gasteiger partial charge in [-0.1, -0.05) is 42.5 Å². The SMILES string of the molecule is CCN(C(=S)c1ccccc1)C(C)C. The number of benzene rings is 1. The van der Waals surface area contributed by atoms with Crippen molar-refractivity contribution < 1.29 is 0 Å². The quantitative estimate of drug-likeness (QED) is 0.701. The summed E-state index contributed by atoms with van der Waals surface area (Å²) in [7, 11) is 0. The predicted octanol–water partition coefficient (Wildman–Crippen LogP) is 3.09. The van der Waals surface area contributed by atoms with Crippen LogP contribution in [0.4, 0.5) is 0 Å². The summed E-state index contributed by atoms with van der Waals surface area (Å²) in [6.07, 6.45) is 0. The first-order valence-corrected chi connectivity index (χ1v) is 5.43. The summed E-state index contributed by atoms with van der Waals surface area (Å²) in [4.78, 5) is 3.17. The minimum absolute atomic E-state index is 0.465. The second-order valence-electron chi connectivity index (χ2n) is 3.55. The lowest BCUT2D eigenvalue weighted by Crippen LogP contribution is -2.35. The first-order valence-electron chi connectivity index (χ1n) is 5.02. The van der Waals surface area contributed by atoms with Crippen LogP contribution in [0.5, 0.6) is 0 Å². The van der Waals surface area contributed by atoms with Gasteiger partial charge in [0.2, 0.25) is 0 Å². The molecule has 0 aliphatic rings. The Morgan fingerprint density at radius 3 is 2.29 bits per heavy atom. The minimum Gasteiger partial charge on any atom is -0.360 e. The van der Waals surface area contributed by atoms with Gasteiger partial charge in [0.1, 0.15) is 4.99 Å². The Morgan fingerprint density at radius 2 is 1.86 bits per heavy atom. The summed E-state index contributed by atoms with van der Waals surface area (Å²) in [6, 6.07) is 10.7. The van der Waals surface area contributed by atoms with Gasteiger partial charge in [0.25, 0.3) is 0 Å². The molecule has 0 N–H and O–H groups in total. The van der Waals surface area contributed by atoms with Crippen LogP contribution >= 0.6 is 12.2 Å². The fourth-order valence-corrected chi connectivity index (χ4v) is 1.97. The number of hydrogen-bond donors (Lipinski definition) is 0. The van der Waals surface area contributed by atoms with Gasteiger partial charge in [-0.05, 0) is 20.8 Å². The van der Waals surface area contributed by atoms with E-state index in [1.165, 1.54) is 0 Å². The second-order valence-corrected chi connectivity index (χ2v) is 3.94. The molecule has 0 atom stereocenters.